The van der Waals surface area contributed by atoms with Crippen LogP contribution in [-0.4, -0.2) is 5.97 Å². The highest BCUT2D eigenvalue weighted by molar-refractivity contribution is 6.02. The molecular weight excluding hydrogens is 343 g/mol. The summed E-state index contributed by atoms with van der Waals surface area (Å²) in [6.07, 6.45) is 4.51. The molecule has 0 amide bonds. The van der Waals surface area contributed by atoms with Crippen LogP contribution in [0, 0.1) is 5.82 Å². The number of hydrogen-bond donors (Lipinski definition) is 0. The molecule has 4 heteroatoms. The van der Waals surface area contributed by atoms with Crippen LogP contribution in [0.15, 0.2) is 89.6 Å². The lowest BCUT2D eigenvalue weighted by molar-refractivity contribution is -0.128. The summed E-state index contributed by atoms with van der Waals surface area (Å²) in [6.45, 7) is 0. The third-order valence-corrected chi connectivity index (χ3v) is 4.15. The Morgan fingerprint density at radius 1 is 0.926 bits per heavy atom. The molecule has 0 atom stereocenters. The first-order chi connectivity index (χ1) is 13.2. The summed E-state index contributed by atoms with van der Waals surface area (Å²) in [5.74, 6) is 0.316. The van der Waals surface area contributed by atoms with Crippen molar-refractivity contribution in [1.82, 2.24) is 0 Å². The third kappa shape index (κ3) is 3.65. The first-order valence-electron chi connectivity index (χ1n) is 8.42. The van der Waals surface area contributed by atoms with Gasteiger partial charge in [-0.2, -0.15) is 0 Å². The summed E-state index contributed by atoms with van der Waals surface area (Å²) in [5.41, 5.74) is 1.56. The number of rotatable bonds is 4. The number of furan rings is 1. The van der Waals surface area contributed by atoms with Crippen LogP contribution in [0.4, 0.5) is 4.39 Å². The highest BCUT2D eigenvalue weighted by Crippen LogP contribution is 2.35. The van der Waals surface area contributed by atoms with Gasteiger partial charge in [0.2, 0.25) is 0 Å². The van der Waals surface area contributed by atoms with Crippen molar-refractivity contribution < 1.29 is 18.3 Å². The zero-order valence-corrected chi connectivity index (χ0v) is 14.3. The molecule has 132 valence electrons. The topological polar surface area (TPSA) is 39.4 Å². The normalized spacial score (nSPS) is 11.1. The van der Waals surface area contributed by atoms with Crippen LogP contribution in [0.2, 0.25) is 0 Å². The molecule has 3 nitrogen and oxygen atoms in total. The Bertz CT molecular complexity index is 1110. The van der Waals surface area contributed by atoms with E-state index < -0.39 is 5.97 Å². The number of halogens is 1. The van der Waals surface area contributed by atoms with Crippen molar-refractivity contribution >= 4 is 22.8 Å². The summed E-state index contributed by atoms with van der Waals surface area (Å²) in [7, 11) is 0. The van der Waals surface area contributed by atoms with E-state index in [4.69, 9.17) is 9.15 Å². The van der Waals surface area contributed by atoms with Gasteiger partial charge in [-0.3, -0.25) is 0 Å². The number of fused-ring (bicyclic) bond motifs is 1. The first-order valence-corrected chi connectivity index (χ1v) is 8.42. The predicted octanol–water partition coefficient (Wildman–Crippen LogP) is 5.86. The van der Waals surface area contributed by atoms with E-state index in [1.165, 1.54) is 18.2 Å². The summed E-state index contributed by atoms with van der Waals surface area (Å²) in [6, 6.07) is 20.9. The summed E-state index contributed by atoms with van der Waals surface area (Å²) >= 11 is 0. The van der Waals surface area contributed by atoms with Crippen LogP contribution >= 0.6 is 0 Å². The standard InChI is InChI=1S/C23H15FO3/c24-18-12-9-16(10-13-18)11-14-22(25)27-21-7-2-5-17-4-1-6-19(23(17)21)20-8-3-15-26-20/h1-15H. The lowest BCUT2D eigenvalue weighted by atomic mass is 10.0. The van der Waals surface area contributed by atoms with Gasteiger partial charge in [0.05, 0.1) is 6.26 Å². The van der Waals surface area contributed by atoms with Crippen molar-refractivity contribution in [2.75, 3.05) is 0 Å². The molecule has 0 aliphatic heterocycles. The molecule has 0 radical (unpaired) electrons. The van der Waals surface area contributed by atoms with Crippen LogP contribution in [0.25, 0.3) is 28.2 Å². The van der Waals surface area contributed by atoms with Crippen LogP contribution in [0.3, 0.4) is 0 Å². The second kappa shape index (κ2) is 7.30. The average molecular weight is 358 g/mol. The molecule has 0 saturated carbocycles. The number of benzene rings is 3. The van der Waals surface area contributed by atoms with Gasteiger partial charge in [0.1, 0.15) is 17.3 Å². The van der Waals surface area contributed by atoms with E-state index in [0.717, 1.165) is 16.3 Å². The molecule has 0 saturated heterocycles. The molecule has 1 aromatic heterocycles. The Kier molecular flexibility index (Phi) is 4.54. The number of carbonyl (C=O) groups is 1. The molecule has 3 aromatic carbocycles. The van der Waals surface area contributed by atoms with E-state index in [-0.39, 0.29) is 5.82 Å². The van der Waals surface area contributed by atoms with Gasteiger partial charge in [0, 0.05) is 17.0 Å². The third-order valence-electron chi connectivity index (χ3n) is 4.15. The Morgan fingerprint density at radius 3 is 2.44 bits per heavy atom. The maximum atomic E-state index is 13.0. The largest absolute Gasteiger partial charge is 0.464 e. The molecule has 0 N–H and O–H groups in total. The molecule has 4 rings (SSSR count). The Morgan fingerprint density at radius 2 is 1.70 bits per heavy atom. The van der Waals surface area contributed by atoms with Gasteiger partial charge in [-0.25, -0.2) is 9.18 Å². The molecule has 0 spiro atoms. The second-order valence-corrected chi connectivity index (χ2v) is 5.94. The van der Waals surface area contributed by atoms with Gasteiger partial charge in [0.15, 0.2) is 0 Å². The number of esters is 1. The molecule has 1 heterocycles. The highest BCUT2D eigenvalue weighted by atomic mass is 19.1. The summed E-state index contributed by atoms with van der Waals surface area (Å²) < 4.78 is 24.0. The Balaban J connectivity index is 1.65. The summed E-state index contributed by atoms with van der Waals surface area (Å²) in [4.78, 5) is 12.3. The molecule has 0 unspecified atom stereocenters. The SMILES string of the molecule is O=C(C=Cc1ccc(F)cc1)Oc1cccc2cccc(-c3ccco3)c12. The quantitative estimate of drug-likeness (QED) is 0.261. The van der Waals surface area contributed by atoms with E-state index in [0.29, 0.717) is 17.1 Å². The van der Waals surface area contributed by atoms with E-state index in [9.17, 15) is 9.18 Å². The lowest BCUT2D eigenvalue weighted by Gasteiger charge is -2.10. The van der Waals surface area contributed by atoms with Crippen molar-refractivity contribution in [1.29, 1.82) is 0 Å². The minimum Gasteiger partial charge on any atom is -0.464 e. The van der Waals surface area contributed by atoms with Gasteiger partial charge in [-0.05, 0) is 47.4 Å². The van der Waals surface area contributed by atoms with Gasteiger partial charge >= 0.3 is 5.97 Å². The van der Waals surface area contributed by atoms with Gasteiger partial charge in [0.25, 0.3) is 0 Å². The van der Waals surface area contributed by atoms with Gasteiger partial charge in [-0.1, -0.05) is 42.5 Å². The van der Waals surface area contributed by atoms with Crippen LogP contribution < -0.4 is 4.74 Å². The fourth-order valence-electron chi connectivity index (χ4n) is 2.91. The predicted molar refractivity (Wildman–Crippen MR) is 103 cm³/mol. The zero-order chi connectivity index (χ0) is 18.6. The van der Waals surface area contributed by atoms with E-state index in [1.54, 1.807) is 30.5 Å². The molecule has 27 heavy (non-hydrogen) atoms. The second-order valence-electron chi connectivity index (χ2n) is 5.94. The van der Waals surface area contributed by atoms with Crippen molar-refractivity contribution in [2.24, 2.45) is 0 Å². The Hall–Kier alpha value is -3.66. The van der Waals surface area contributed by atoms with E-state index in [2.05, 4.69) is 0 Å². The molecular formula is C23H15FO3. The summed E-state index contributed by atoms with van der Waals surface area (Å²) in [5, 5.41) is 1.75. The van der Waals surface area contributed by atoms with Crippen molar-refractivity contribution in [3.63, 3.8) is 0 Å². The molecule has 4 aromatic rings. The van der Waals surface area contributed by atoms with E-state index >= 15 is 0 Å². The van der Waals surface area contributed by atoms with Crippen LogP contribution in [-0.2, 0) is 4.79 Å². The van der Waals surface area contributed by atoms with Crippen molar-refractivity contribution in [2.45, 2.75) is 0 Å². The van der Waals surface area contributed by atoms with Gasteiger partial charge in [-0.15, -0.1) is 0 Å². The van der Waals surface area contributed by atoms with Crippen LogP contribution in [0.1, 0.15) is 5.56 Å². The first kappa shape index (κ1) is 16.8. The number of hydrogen-bond acceptors (Lipinski definition) is 3. The van der Waals surface area contributed by atoms with Crippen molar-refractivity contribution in [3.05, 3.63) is 96.5 Å². The van der Waals surface area contributed by atoms with Crippen LogP contribution in [0.5, 0.6) is 5.75 Å². The highest BCUT2D eigenvalue weighted by Gasteiger charge is 2.12. The minimum absolute atomic E-state index is 0.323. The molecule has 0 bridgehead atoms. The maximum Gasteiger partial charge on any atom is 0.336 e. The average Bonchev–Trinajstić information content (AvgIpc) is 3.22. The number of carbonyl (C=O) groups excluding carboxylic acids is 1. The lowest BCUT2D eigenvalue weighted by Crippen LogP contribution is -2.04. The fraction of sp³-hybridized carbons (Fsp3) is 0. The molecule has 0 aliphatic carbocycles. The Labute approximate surface area is 155 Å². The minimum atomic E-state index is -0.513. The fourth-order valence-corrected chi connectivity index (χ4v) is 2.91. The van der Waals surface area contributed by atoms with E-state index in [1.807, 2.05) is 42.5 Å². The smallest absolute Gasteiger partial charge is 0.336 e. The molecule has 0 aliphatic rings. The maximum absolute atomic E-state index is 13.0. The van der Waals surface area contributed by atoms with Crippen molar-refractivity contribution in [3.8, 4) is 17.1 Å². The zero-order valence-electron chi connectivity index (χ0n) is 14.3. The van der Waals surface area contributed by atoms with Gasteiger partial charge < -0.3 is 9.15 Å². The monoisotopic (exact) mass is 358 g/mol. The number of ether oxygens (including phenoxy) is 1. The molecule has 0 fully saturated rings.